The van der Waals surface area contributed by atoms with Crippen molar-refractivity contribution in [3.63, 3.8) is 0 Å². The molecule has 2 aliphatic heterocycles. The minimum absolute atomic E-state index is 0.00830. The summed E-state index contributed by atoms with van der Waals surface area (Å²) in [6, 6.07) is 5.66. The first kappa shape index (κ1) is 24.7. The fourth-order valence-electron chi connectivity index (χ4n) is 5.65. The molecule has 1 saturated carbocycles. The second-order valence-corrected chi connectivity index (χ2v) is 12.0. The molecule has 2 saturated heterocycles. The largest absolute Gasteiger partial charge is 0.369 e. The summed E-state index contributed by atoms with van der Waals surface area (Å²) in [4.78, 5) is 38.0. The number of nitrogens with zero attached hydrogens (tertiary/aromatic N) is 4. The van der Waals surface area contributed by atoms with Crippen LogP contribution in [-0.2, 0) is 22.5 Å². The SMILES string of the molecule is Cc1cc(Cl)cc(-c2ncnc3cc(CN4C(=O)CCN(C)C4=O)sc23)c1CC1CNCC2(CCC2)O1. The van der Waals surface area contributed by atoms with Crippen molar-refractivity contribution in [1.82, 2.24) is 25.1 Å². The Labute approximate surface area is 225 Å². The zero-order chi connectivity index (χ0) is 25.7. The van der Waals surface area contributed by atoms with E-state index in [4.69, 9.17) is 21.3 Å². The summed E-state index contributed by atoms with van der Waals surface area (Å²) < 4.78 is 7.52. The number of rotatable bonds is 5. The Morgan fingerprint density at radius 2 is 2.08 bits per heavy atom. The number of aryl methyl sites for hydroxylation is 1. The van der Waals surface area contributed by atoms with Crippen LogP contribution in [0.15, 0.2) is 24.5 Å². The minimum atomic E-state index is -0.266. The first-order valence-electron chi connectivity index (χ1n) is 12.8. The third-order valence-corrected chi connectivity index (χ3v) is 9.16. The highest BCUT2D eigenvalue weighted by atomic mass is 35.5. The fourth-order valence-corrected chi connectivity index (χ4v) is 7.03. The fraction of sp³-hybridized carbons (Fsp3) is 0.481. The van der Waals surface area contributed by atoms with Gasteiger partial charge < -0.3 is 15.0 Å². The average molecular weight is 540 g/mol. The molecular weight excluding hydrogens is 510 g/mol. The van der Waals surface area contributed by atoms with Gasteiger partial charge in [0.15, 0.2) is 0 Å². The van der Waals surface area contributed by atoms with E-state index < -0.39 is 0 Å². The van der Waals surface area contributed by atoms with Crippen LogP contribution < -0.4 is 5.32 Å². The van der Waals surface area contributed by atoms with Gasteiger partial charge in [0.1, 0.15) is 6.33 Å². The molecule has 3 aliphatic rings. The van der Waals surface area contributed by atoms with Crippen molar-refractivity contribution in [3.8, 4) is 11.3 Å². The highest BCUT2D eigenvalue weighted by Gasteiger charge is 2.42. The maximum absolute atomic E-state index is 12.6. The molecular formula is C27H30ClN5O3S. The van der Waals surface area contributed by atoms with Crippen LogP contribution in [-0.4, -0.2) is 70.1 Å². The van der Waals surface area contributed by atoms with Crippen molar-refractivity contribution < 1.29 is 14.3 Å². The van der Waals surface area contributed by atoms with Crippen LogP contribution in [0.25, 0.3) is 21.5 Å². The molecule has 194 valence electrons. The second kappa shape index (κ2) is 9.62. The van der Waals surface area contributed by atoms with Gasteiger partial charge in [-0.2, -0.15) is 0 Å². The van der Waals surface area contributed by atoms with Crippen LogP contribution in [0.3, 0.4) is 0 Å². The predicted octanol–water partition coefficient (Wildman–Crippen LogP) is 4.56. The molecule has 1 aliphatic carbocycles. The number of carbonyl (C=O) groups is 2. The molecule has 3 amide bonds. The zero-order valence-corrected chi connectivity index (χ0v) is 22.6. The van der Waals surface area contributed by atoms with Gasteiger partial charge in [0, 0.05) is 55.0 Å². The molecule has 37 heavy (non-hydrogen) atoms. The molecule has 0 radical (unpaired) electrons. The molecule has 3 aromatic rings. The lowest BCUT2D eigenvalue weighted by Gasteiger charge is -2.48. The number of hydrogen-bond acceptors (Lipinski definition) is 7. The number of imide groups is 1. The first-order chi connectivity index (χ1) is 17.8. The van der Waals surface area contributed by atoms with E-state index in [9.17, 15) is 9.59 Å². The van der Waals surface area contributed by atoms with Crippen molar-refractivity contribution in [2.75, 3.05) is 26.7 Å². The number of ether oxygens (including phenoxy) is 1. The van der Waals surface area contributed by atoms with Gasteiger partial charge in [-0.05, 0) is 55.5 Å². The Hall–Kier alpha value is -2.59. The van der Waals surface area contributed by atoms with E-state index in [2.05, 4.69) is 17.2 Å². The Morgan fingerprint density at radius 3 is 2.86 bits per heavy atom. The van der Waals surface area contributed by atoms with Gasteiger partial charge in [-0.1, -0.05) is 11.6 Å². The number of carbonyl (C=O) groups excluding carboxylic acids is 2. The maximum Gasteiger partial charge on any atom is 0.326 e. The molecule has 10 heteroatoms. The van der Waals surface area contributed by atoms with Crippen LogP contribution in [0, 0.1) is 6.92 Å². The van der Waals surface area contributed by atoms with Crippen molar-refractivity contribution in [2.45, 2.75) is 57.3 Å². The summed E-state index contributed by atoms with van der Waals surface area (Å²) in [7, 11) is 1.72. The monoisotopic (exact) mass is 539 g/mol. The van der Waals surface area contributed by atoms with Crippen LogP contribution in [0.1, 0.15) is 41.7 Å². The van der Waals surface area contributed by atoms with E-state index in [1.54, 1.807) is 18.3 Å². The summed E-state index contributed by atoms with van der Waals surface area (Å²) in [5.74, 6) is -0.148. The van der Waals surface area contributed by atoms with Crippen LogP contribution in [0.2, 0.25) is 5.02 Å². The number of benzene rings is 1. The minimum Gasteiger partial charge on any atom is -0.369 e. The number of hydrogen-bond donors (Lipinski definition) is 1. The van der Waals surface area contributed by atoms with Crippen molar-refractivity contribution in [3.05, 3.63) is 45.6 Å². The number of morpholine rings is 1. The van der Waals surface area contributed by atoms with Gasteiger partial charge in [-0.3, -0.25) is 9.69 Å². The number of nitrogens with one attached hydrogen (secondary N) is 1. The Morgan fingerprint density at radius 1 is 1.24 bits per heavy atom. The lowest BCUT2D eigenvalue weighted by molar-refractivity contribution is -0.156. The van der Waals surface area contributed by atoms with Crippen LogP contribution >= 0.6 is 22.9 Å². The quantitative estimate of drug-likeness (QED) is 0.511. The molecule has 1 N–H and O–H groups in total. The summed E-state index contributed by atoms with van der Waals surface area (Å²) in [5.41, 5.74) is 4.86. The van der Waals surface area contributed by atoms with Gasteiger partial charge in [-0.15, -0.1) is 11.3 Å². The number of amides is 3. The number of halogens is 1. The Balaban J connectivity index is 1.35. The van der Waals surface area contributed by atoms with Gasteiger partial charge in [0.25, 0.3) is 0 Å². The lowest BCUT2D eigenvalue weighted by atomic mass is 9.78. The standard InChI is InChI=1S/C27H30ClN5O3S/c1-16-8-17(28)9-21(20(16)10-18-12-29-14-27(36-18)5-3-6-27)24-25-22(30-15-31-24)11-19(37-25)13-33-23(34)4-7-32(2)26(33)35/h8-9,11,15,18,29H,3-7,10,12-14H2,1-2H3. The van der Waals surface area contributed by atoms with E-state index in [1.165, 1.54) is 28.2 Å². The van der Waals surface area contributed by atoms with Gasteiger partial charge in [-0.25, -0.2) is 14.8 Å². The molecule has 1 unspecified atom stereocenters. The number of thiophene rings is 1. The molecule has 1 atom stereocenters. The molecule has 6 rings (SSSR count). The highest BCUT2D eigenvalue weighted by Crippen LogP contribution is 2.40. The predicted molar refractivity (Wildman–Crippen MR) is 144 cm³/mol. The van der Waals surface area contributed by atoms with E-state index in [-0.39, 0.29) is 30.2 Å². The highest BCUT2D eigenvalue weighted by molar-refractivity contribution is 7.19. The number of fused-ring (bicyclic) bond motifs is 1. The van der Waals surface area contributed by atoms with Crippen LogP contribution in [0.4, 0.5) is 4.79 Å². The zero-order valence-electron chi connectivity index (χ0n) is 21.1. The third kappa shape index (κ3) is 4.63. The van der Waals surface area contributed by atoms with Crippen molar-refractivity contribution in [1.29, 1.82) is 0 Å². The third-order valence-electron chi connectivity index (χ3n) is 7.82. The summed E-state index contributed by atoms with van der Waals surface area (Å²) in [5, 5.41) is 4.24. The second-order valence-electron chi connectivity index (χ2n) is 10.4. The topological polar surface area (TPSA) is 87.7 Å². The summed E-state index contributed by atoms with van der Waals surface area (Å²) >= 11 is 8.07. The smallest absolute Gasteiger partial charge is 0.326 e. The first-order valence-corrected chi connectivity index (χ1v) is 14.0. The molecule has 4 heterocycles. The molecule has 8 nitrogen and oxygen atoms in total. The van der Waals surface area contributed by atoms with Crippen molar-refractivity contribution >= 4 is 45.1 Å². The van der Waals surface area contributed by atoms with E-state index in [0.29, 0.717) is 18.0 Å². The van der Waals surface area contributed by atoms with Gasteiger partial charge >= 0.3 is 6.03 Å². The Bertz CT molecular complexity index is 1390. The average Bonchev–Trinajstić information content (AvgIpc) is 3.28. The van der Waals surface area contributed by atoms with E-state index in [0.717, 1.165) is 64.3 Å². The maximum atomic E-state index is 12.6. The normalized spacial score (nSPS) is 21.6. The number of urea groups is 1. The Kier molecular flexibility index (Phi) is 6.43. The lowest BCUT2D eigenvalue weighted by Crippen LogP contribution is -2.57. The molecule has 1 aromatic carbocycles. The van der Waals surface area contributed by atoms with Crippen molar-refractivity contribution in [2.24, 2.45) is 0 Å². The molecule has 3 fully saturated rings. The molecule has 1 spiro atoms. The van der Waals surface area contributed by atoms with Gasteiger partial charge in [0.2, 0.25) is 5.91 Å². The summed E-state index contributed by atoms with van der Waals surface area (Å²) in [6.07, 6.45) is 6.21. The van der Waals surface area contributed by atoms with E-state index in [1.807, 2.05) is 18.2 Å². The summed E-state index contributed by atoms with van der Waals surface area (Å²) in [6.45, 7) is 4.51. The molecule has 2 aromatic heterocycles. The van der Waals surface area contributed by atoms with E-state index >= 15 is 0 Å². The number of aromatic nitrogens is 2. The van der Waals surface area contributed by atoms with Crippen LogP contribution in [0.5, 0.6) is 0 Å². The molecule has 0 bridgehead atoms. The van der Waals surface area contributed by atoms with Gasteiger partial charge in [0.05, 0.1) is 34.2 Å².